The van der Waals surface area contributed by atoms with Crippen molar-refractivity contribution < 1.29 is 9.18 Å². The monoisotopic (exact) mass is 519 g/mol. The van der Waals surface area contributed by atoms with Crippen LogP contribution in [0, 0.1) is 12.7 Å². The second-order valence-corrected chi connectivity index (χ2v) is 9.78. The van der Waals surface area contributed by atoms with Crippen LogP contribution in [0.4, 0.5) is 16.0 Å². The molecule has 2 N–H and O–H groups in total. The smallest absolute Gasteiger partial charge is 0.255 e. The number of allylic oxidation sites excluding steroid dienone is 1. The number of halogens is 2. The minimum absolute atomic E-state index is 0.268. The van der Waals surface area contributed by atoms with Crippen LogP contribution in [0.3, 0.4) is 0 Å². The fraction of sp³-hybridized carbons (Fsp3) is 0.148. The predicted molar refractivity (Wildman–Crippen MR) is 142 cm³/mol. The van der Waals surface area contributed by atoms with Crippen molar-refractivity contribution in [2.24, 2.45) is 0 Å². The number of hydrogen-bond acceptors (Lipinski definition) is 5. The summed E-state index contributed by atoms with van der Waals surface area (Å²) in [5.74, 6) is 0.484. The van der Waals surface area contributed by atoms with E-state index in [4.69, 9.17) is 16.7 Å². The van der Waals surface area contributed by atoms with E-state index in [0.717, 1.165) is 22.4 Å². The van der Waals surface area contributed by atoms with Crippen molar-refractivity contribution in [2.45, 2.75) is 30.8 Å². The summed E-state index contributed by atoms with van der Waals surface area (Å²) >= 11 is 7.75. The van der Waals surface area contributed by atoms with E-state index in [2.05, 4.69) is 15.6 Å². The maximum atomic E-state index is 13.8. The summed E-state index contributed by atoms with van der Waals surface area (Å²) < 4.78 is 15.4. The van der Waals surface area contributed by atoms with E-state index in [1.54, 1.807) is 16.8 Å². The van der Waals surface area contributed by atoms with Crippen molar-refractivity contribution in [1.82, 2.24) is 14.8 Å². The number of thioether (sulfide) groups is 1. The van der Waals surface area contributed by atoms with Crippen molar-refractivity contribution in [3.8, 4) is 0 Å². The van der Waals surface area contributed by atoms with E-state index in [-0.39, 0.29) is 11.7 Å². The fourth-order valence-corrected chi connectivity index (χ4v) is 5.22. The van der Waals surface area contributed by atoms with Gasteiger partial charge in [-0.25, -0.2) is 9.07 Å². The number of aryl methyl sites for hydroxylation is 1. The molecule has 2 heterocycles. The zero-order chi connectivity index (χ0) is 25.2. The Hall–Kier alpha value is -3.62. The lowest BCUT2D eigenvalue weighted by Gasteiger charge is -2.28. The minimum Gasteiger partial charge on any atom is -0.328 e. The van der Waals surface area contributed by atoms with Crippen LogP contribution >= 0.6 is 23.4 Å². The number of nitrogens with one attached hydrogen (secondary N) is 2. The lowest BCUT2D eigenvalue weighted by Crippen LogP contribution is -2.31. The van der Waals surface area contributed by atoms with Crippen molar-refractivity contribution in [3.63, 3.8) is 0 Å². The summed E-state index contributed by atoms with van der Waals surface area (Å²) in [5.41, 5.74) is 4.50. The molecule has 0 saturated heterocycles. The largest absolute Gasteiger partial charge is 0.328 e. The lowest BCUT2D eigenvalue weighted by atomic mass is 9.95. The number of para-hydroxylation sites is 1. The summed E-state index contributed by atoms with van der Waals surface area (Å²) in [6, 6.07) is 20.7. The van der Waals surface area contributed by atoms with E-state index < -0.39 is 6.04 Å². The Morgan fingerprint density at radius 2 is 1.81 bits per heavy atom. The van der Waals surface area contributed by atoms with Gasteiger partial charge in [-0.05, 0) is 54.8 Å². The first-order valence-corrected chi connectivity index (χ1v) is 12.7. The Morgan fingerprint density at radius 1 is 1.08 bits per heavy atom. The summed E-state index contributed by atoms with van der Waals surface area (Å²) in [4.78, 5) is 18.2. The molecule has 4 aromatic rings. The van der Waals surface area contributed by atoms with Gasteiger partial charge in [0, 0.05) is 22.2 Å². The Labute approximate surface area is 217 Å². The number of benzene rings is 3. The van der Waals surface area contributed by atoms with Gasteiger partial charge in [-0.3, -0.25) is 4.79 Å². The third-order valence-electron chi connectivity index (χ3n) is 5.97. The molecule has 36 heavy (non-hydrogen) atoms. The molecule has 0 radical (unpaired) electrons. The van der Waals surface area contributed by atoms with Crippen molar-refractivity contribution in [3.05, 3.63) is 112 Å². The van der Waals surface area contributed by atoms with Gasteiger partial charge in [-0.1, -0.05) is 71.9 Å². The van der Waals surface area contributed by atoms with Gasteiger partial charge in [-0.15, -0.1) is 5.10 Å². The van der Waals surface area contributed by atoms with Gasteiger partial charge >= 0.3 is 0 Å². The van der Waals surface area contributed by atoms with E-state index >= 15 is 0 Å². The molecular formula is C27H23ClFN5OS. The molecule has 0 spiro atoms. The average molecular weight is 520 g/mol. The van der Waals surface area contributed by atoms with Crippen molar-refractivity contribution in [1.29, 1.82) is 0 Å². The molecular weight excluding hydrogens is 497 g/mol. The van der Waals surface area contributed by atoms with Crippen LogP contribution in [0.15, 0.2) is 89.2 Å². The highest BCUT2D eigenvalue weighted by molar-refractivity contribution is 7.98. The maximum Gasteiger partial charge on any atom is 0.255 e. The van der Waals surface area contributed by atoms with Gasteiger partial charge in [0.05, 0.1) is 5.57 Å². The van der Waals surface area contributed by atoms with Crippen LogP contribution in [-0.4, -0.2) is 20.7 Å². The van der Waals surface area contributed by atoms with Crippen molar-refractivity contribution >= 4 is 40.9 Å². The molecule has 1 aliphatic heterocycles. The number of carbonyl (C=O) groups excluding carboxylic acids is 1. The predicted octanol–water partition coefficient (Wildman–Crippen LogP) is 6.60. The second-order valence-electron chi connectivity index (χ2n) is 8.43. The molecule has 1 aliphatic rings. The molecule has 9 heteroatoms. The molecule has 1 atom stereocenters. The summed E-state index contributed by atoms with van der Waals surface area (Å²) in [7, 11) is 0. The Morgan fingerprint density at radius 3 is 2.56 bits per heavy atom. The molecule has 1 unspecified atom stereocenters. The third kappa shape index (κ3) is 4.87. The molecule has 5 rings (SSSR count). The first-order chi connectivity index (χ1) is 17.4. The van der Waals surface area contributed by atoms with E-state index in [0.29, 0.717) is 33.2 Å². The number of anilines is 2. The van der Waals surface area contributed by atoms with Gasteiger partial charge in [-0.2, -0.15) is 4.98 Å². The molecule has 3 aromatic carbocycles. The van der Waals surface area contributed by atoms with Gasteiger partial charge < -0.3 is 10.6 Å². The standard InChI is InChI=1S/C27H23ClFN5OS/c1-16-7-3-6-10-22(16)31-25(35)23-17(2)30-26-32-27(36-15-19-8-4-5-9-21(19)28)33-34(26)24(23)18-11-13-20(29)14-12-18/h3-14,24H,15H2,1-2H3,(H,31,35)(H,30,32,33). The highest BCUT2D eigenvalue weighted by Gasteiger charge is 2.34. The molecule has 182 valence electrons. The van der Waals surface area contributed by atoms with E-state index in [1.807, 2.05) is 62.4 Å². The first kappa shape index (κ1) is 24.1. The highest BCUT2D eigenvalue weighted by Crippen LogP contribution is 2.37. The first-order valence-electron chi connectivity index (χ1n) is 11.3. The molecule has 1 amide bonds. The molecule has 0 aliphatic carbocycles. The van der Waals surface area contributed by atoms with Gasteiger partial charge in [0.2, 0.25) is 11.1 Å². The highest BCUT2D eigenvalue weighted by atomic mass is 35.5. The number of carbonyl (C=O) groups is 1. The van der Waals surface area contributed by atoms with Crippen LogP contribution < -0.4 is 10.6 Å². The quantitative estimate of drug-likeness (QED) is 0.281. The maximum absolute atomic E-state index is 13.8. The summed E-state index contributed by atoms with van der Waals surface area (Å²) in [5, 5.41) is 12.2. The van der Waals surface area contributed by atoms with Crippen LogP contribution in [0.5, 0.6) is 0 Å². The molecule has 6 nitrogen and oxygen atoms in total. The number of hydrogen-bond donors (Lipinski definition) is 2. The number of rotatable bonds is 6. The minimum atomic E-state index is -0.590. The van der Waals surface area contributed by atoms with Crippen LogP contribution in [-0.2, 0) is 10.5 Å². The lowest BCUT2D eigenvalue weighted by molar-refractivity contribution is -0.113. The Balaban J connectivity index is 1.50. The normalized spacial score (nSPS) is 14.8. The Bertz CT molecular complexity index is 1470. The summed E-state index contributed by atoms with van der Waals surface area (Å²) in [6.45, 7) is 3.77. The number of nitrogens with zero attached hydrogens (tertiary/aromatic N) is 3. The Kier molecular flexibility index (Phi) is 6.80. The van der Waals surface area contributed by atoms with Gasteiger partial charge in [0.25, 0.3) is 5.91 Å². The molecule has 0 fully saturated rings. The second kappa shape index (κ2) is 10.2. The fourth-order valence-electron chi connectivity index (χ4n) is 4.10. The number of fused-ring (bicyclic) bond motifs is 1. The zero-order valence-electron chi connectivity index (χ0n) is 19.6. The van der Waals surface area contributed by atoms with Crippen LogP contribution in [0.1, 0.15) is 29.7 Å². The van der Waals surface area contributed by atoms with E-state index in [9.17, 15) is 9.18 Å². The summed E-state index contributed by atoms with van der Waals surface area (Å²) in [6.07, 6.45) is 0. The van der Waals surface area contributed by atoms with E-state index in [1.165, 1.54) is 23.9 Å². The van der Waals surface area contributed by atoms with Crippen LogP contribution in [0.2, 0.25) is 5.02 Å². The third-order valence-corrected chi connectivity index (χ3v) is 7.23. The number of aromatic nitrogens is 3. The van der Waals surface area contributed by atoms with Crippen LogP contribution in [0.25, 0.3) is 0 Å². The zero-order valence-corrected chi connectivity index (χ0v) is 21.2. The molecule has 1 aromatic heterocycles. The SMILES string of the molecule is CC1=C(C(=O)Nc2ccccc2C)C(c2ccc(F)cc2)n2nc(SCc3ccccc3Cl)nc2N1. The molecule has 0 bridgehead atoms. The average Bonchev–Trinajstić information content (AvgIpc) is 3.27. The van der Waals surface area contributed by atoms with Gasteiger partial charge in [0.1, 0.15) is 11.9 Å². The van der Waals surface area contributed by atoms with Gasteiger partial charge in [0.15, 0.2) is 0 Å². The topological polar surface area (TPSA) is 71.8 Å². The number of amides is 1. The van der Waals surface area contributed by atoms with Crippen molar-refractivity contribution in [2.75, 3.05) is 10.6 Å². The molecule has 0 saturated carbocycles.